The molecule has 0 aliphatic carbocycles. The number of carbonyl (C=O) groups excluding carboxylic acids is 1. The minimum Gasteiger partial charge on any atom is -0.462 e. The highest BCUT2D eigenvalue weighted by atomic mass is 32.1. The van der Waals surface area contributed by atoms with Crippen LogP contribution in [-0.2, 0) is 9.53 Å². The smallest absolute Gasteiger partial charge is 0.338 e. The highest BCUT2D eigenvalue weighted by Crippen LogP contribution is 2.36. The molecule has 1 unspecified atom stereocenters. The van der Waals surface area contributed by atoms with Crippen LogP contribution in [0.15, 0.2) is 35.1 Å². The van der Waals surface area contributed by atoms with Gasteiger partial charge in [-0.3, -0.25) is 0 Å². The first-order chi connectivity index (χ1) is 10.2. The molecule has 0 spiro atoms. The molecule has 2 aromatic rings. The number of allylic oxidation sites excluding steroid dienone is 1. The summed E-state index contributed by atoms with van der Waals surface area (Å²) in [7, 11) is 0. The minimum absolute atomic E-state index is 0.284. The molecule has 1 atom stereocenters. The number of thiophene rings is 1. The predicted octanol–water partition coefficient (Wildman–Crippen LogP) is 2.58. The maximum atomic E-state index is 12.4. The number of anilines is 1. The maximum Gasteiger partial charge on any atom is 0.338 e. The van der Waals surface area contributed by atoms with Gasteiger partial charge in [0.15, 0.2) is 0 Å². The number of hydrogen-bond acceptors (Lipinski definition) is 6. The summed E-state index contributed by atoms with van der Waals surface area (Å²) in [6.07, 6.45) is 2.28. The lowest BCUT2D eigenvalue weighted by Crippen LogP contribution is -2.29. The van der Waals surface area contributed by atoms with Crippen LogP contribution in [0, 0.1) is 0 Å². The zero-order chi connectivity index (χ0) is 14.8. The van der Waals surface area contributed by atoms with E-state index in [9.17, 15) is 4.79 Å². The fourth-order valence-corrected chi connectivity index (χ4v) is 3.16. The van der Waals surface area contributed by atoms with Crippen LogP contribution in [0.2, 0.25) is 0 Å². The van der Waals surface area contributed by atoms with E-state index in [4.69, 9.17) is 4.74 Å². The van der Waals surface area contributed by atoms with Gasteiger partial charge in [0.25, 0.3) is 0 Å². The Morgan fingerprint density at radius 2 is 2.43 bits per heavy atom. The quantitative estimate of drug-likeness (QED) is 0.879. The van der Waals surface area contributed by atoms with Crippen LogP contribution in [0.4, 0.5) is 5.95 Å². The zero-order valence-corrected chi connectivity index (χ0v) is 12.7. The second-order valence-corrected chi connectivity index (χ2v) is 5.73. The summed E-state index contributed by atoms with van der Waals surface area (Å²) in [5, 5.41) is 9.35. The van der Waals surface area contributed by atoms with Crippen LogP contribution in [-0.4, -0.2) is 27.3 Å². The summed E-state index contributed by atoms with van der Waals surface area (Å²) >= 11 is 1.59. The third-order valence-electron chi connectivity index (χ3n) is 3.26. The summed E-state index contributed by atoms with van der Waals surface area (Å²) < 4.78 is 7.05. The fraction of sp³-hybridized carbons (Fsp3) is 0.357. The van der Waals surface area contributed by atoms with Gasteiger partial charge >= 0.3 is 5.97 Å². The average molecular weight is 304 g/mol. The molecule has 1 N–H and O–H groups in total. The Hall–Kier alpha value is -2.15. The van der Waals surface area contributed by atoms with Crippen molar-refractivity contribution < 1.29 is 9.53 Å². The molecule has 0 radical (unpaired) electrons. The number of nitrogens with one attached hydrogen (secondary N) is 1. The monoisotopic (exact) mass is 304 g/mol. The van der Waals surface area contributed by atoms with Crippen LogP contribution in [0.25, 0.3) is 0 Å². The van der Waals surface area contributed by atoms with Gasteiger partial charge in [0.2, 0.25) is 5.95 Å². The van der Waals surface area contributed by atoms with Crippen molar-refractivity contribution in [2.24, 2.45) is 0 Å². The second kappa shape index (κ2) is 5.69. The molecule has 0 saturated heterocycles. The lowest BCUT2D eigenvalue weighted by atomic mass is 10.0. The van der Waals surface area contributed by atoms with Crippen molar-refractivity contribution in [3.05, 3.63) is 40.0 Å². The molecular weight excluding hydrogens is 288 g/mol. The number of esters is 1. The highest BCUT2D eigenvalue weighted by molar-refractivity contribution is 7.10. The standard InChI is InChI=1S/C14H16N4O2S/c1-3-6-20-13(19)11-9(2)17-14-15-8-16-18(14)12(11)10-5-4-7-21-10/h4-5,7-8,12H,3,6H2,1-2H3,(H,15,16,17). The van der Waals surface area contributed by atoms with E-state index in [1.165, 1.54) is 6.33 Å². The van der Waals surface area contributed by atoms with Crippen LogP contribution < -0.4 is 5.32 Å². The molecule has 0 amide bonds. The molecule has 110 valence electrons. The lowest BCUT2D eigenvalue weighted by molar-refractivity contribution is -0.139. The lowest BCUT2D eigenvalue weighted by Gasteiger charge is -2.27. The molecule has 0 aromatic carbocycles. The summed E-state index contributed by atoms with van der Waals surface area (Å²) in [4.78, 5) is 17.6. The summed E-state index contributed by atoms with van der Waals surface area (Å²) in [6.45, 7) is 4.25. The molecule has 2 aromatic heterocycles. The number of aromatic nitrogens is 3. The van der Waals surface area contributed by atoms with Crippen molar-refractivity contribution in [3.8, 4) is 0 Å². The largest absolute Gasteiger partial charge is 0.462 e. The first kappa shape index (κ1) is 13.8. The Morgan fingerprint density at radius 1 is 1.57 bits per heavy atom. The molecule has 3 heterocycles. The van der Waals surface area contributed by atoms with Crippen molar-refractivity contribution in [2.75, 3.05) is 11.9 Å². The third-order valence-corrected chi connectivity index (χ3v) is 4.19. The Balaban J connectivity index is 2.04. The van der Waals surface area contributed by atoms with Crippen molar-refractivity contribution in [3.63, 3.8) is 0 Å². The molecule has 21 heavy (non-hydrogen) atoms. The van der Waals surface area contributed by atoms with E-state index >= 15 is 0 Å². The van der Waals surface area contributed by atoms with Gasteiger partial charge in [-0.05, 0) is 24.8 Å². The third kappa shape index (κ3) is 2.44. The van der Waals surface area contributed by atoms with E-state index in [0.717, 1.165) is 17.0 Å². The molecule has 0 bridgehead atoms. The van der Waals surface area contributed by atoms with E-state index in [0.29, 0.717) is 18.1 Å². The number of ether oxygens (including phenoxy) is 1. The first-order valence-corrected chi connectivity index (χ1v) is 7.68. The second-order valence-electron chi connectivity index (χ2n) is 4.75. The number of fused-ring (bicyclic) bond motifs is 1. The molecule has 7 heteroatoms. The molecule has 1 aliphatic rings. The van der Waals surface area contributed by atoms with Crippen LogP contribution in [0.3, 0.4) is 0 Å². The average Bonchev–Trinajstić information content (AvgIpc) is 3.13. The van der Waals surface area contributed by atoms with E-state index in [2.05, 4.69) is 15.4 Å². The predicted molar refractivity (Wildman–Crippen MR) is 80.1 cm³/mol. The van der Waals surface area contributed by atoms with Gasteiger partial charge < -0.3 is 10.1 Å². The van der Waals surface area contributed by atoms with Gasteiger partial charge in [-0.15, -0.1) is 11.3 Å². The fourth-order valence-electron chi connectivity index (χ4n) is 2.34. The maximum absolute atomic E-state index is 12.4. The summed E-state index contributed by atoms with van der Waals surface area (Å²) in [5.41, 5.74) is 1.35. The van der Waals surface area contributed by atoms with Crippen molar-refractivity contribution in [1.29, 1.82) is 0 Å². The number of nitrogens with zero attached hydrogens (tertiary/aromatic N) is 3. The van der Waals surface area contributed by atoms with E-state index in [1.54, 1.807) is 16.0 Å². The van der Waals surface area contributed by atoms with Gasteiger partial charge in [0.05, 0.1) is 12.2 Å². The number of carbonyl (C=O) groups is 1. The Labute approximate surface area is 126 Å². The van der Waals surface area contributed by atoms with E-state index < -0.39 is 0 Å². The van der Waals surface area contributed by atoms with Gasteiger partial charge in [0, 0.05) is 10.6 Å². The molecule has 3 rings (SSSR count). The topological polar surface area (TPSA) is 69.0 Å². The Morgan fingerprint density at radius 3 is 3.14 bits per heavy atom. The summed E-state index contributed by atoms with van der Waals surface area (Å²) in [5.74, 6) is 0.333. The van der Waals surface area contributed by atoms with Crippen LogP contribution in [0.1, 0.15) is 31.2 Å². The SMILES string of the molecule is CCCOC(=O)C1=C(C)Nc2ncnn2C1c1cccs1. The molecule has 6 nitrogen and oxygen atoms in total. The number of rotatable bonds is 4. The molecular formula is C14H16N4O2S. The summed E-state index contributed by atoms with van der Waals surface area (Å²) in [6, 6.07) is 3.67. The van der Waals surface area contributed by atoms with Crippen LogP contribution in [0.5, 0.6) is 0 Å². The van der Waals surface area contributed by atoms with Gasteiger partial charge in [-0.1, -0.05) is 13.0 Å². The van der Waals surface area contributed by atoms with E-state index in [-0.39, 0.29) is 12.0 Å². The Bertz CT molecular complexity index is 675. The first-order valence-electron chi connectivity index (χ1n) is 6.80. The van der Waals surface area contributed by atoms with Gasteiger partial charge in [-0.25, -0.2) is 9.48 Å². The van der Waals surface area contributed by atoms with Crippen molar-refractivity contribution in [2.45, 2.75) is 26.3 Å². The molecule has 0 saturated carbocycles. The molecule has 0 fully saturated rings. The Kier molecular flexibility index (Phi) is 3.74. The highest BCUT2D eigenvalue weighted by Gasteiger charge is 2.34. The van der Waals surface area contributed by atoms with Crippen molar-refractivity contribution >= 4 is 23.3 Å². The van der Waals surface area contributed by atoms with Crippen LogP contribution >= 0.6 is 11.3 Å². The van der Waals surface area contributed by atoms with Gasteiger partial charge in [-0.2, -0.15) is 10.1 Å². The minimum atomic E-state index is -0.304. The molecule has 1 aliphatic heterocycles. The van der Waals surface area contributed by atoms with Gasteiger partial charge in [0.1, 0.15) is 12.4 Å². The normalized spacial score (nSPS) is 17.3. The van der Waals surface area contributed by atoms with Crippen molar-refractivity contribution in [1.82, 2.24) is 14.8 Å². The zero-order valence-electron chi connectivity index (χ0n) is 11.9. The number of hydrogen-bond donors (Lipinski definition) is 1. The van der Waals surface area contributed by atoms with E-state index in [1.807, 2.05) is 31.4 Å².